The highest BCUT2D eigenvalue weighted by Gasteiger charge is 2.60. The van der Waals surface area contributed by atoms with Gasteiger partial charge in [0.2, 0.25) is 5.78 Å². The molecule has 34 heavy (non-hydrogen) atoms. The number of aliphatic hydroxyl groups is 3. The van der Waals surface area contributed by atoms with Gasteiger partial charge >= 0.3 is 0 Å². The molecule has 10 heteroatoms. The molecule has 1 amide bonds. The summed E-state index contributed by atoms with van der Waals surface area (Å²) in [6, 6.07) is 2.73. The molecule has 0 aliphatic heterocycles. The van der Waals surface area contributed by atoms with Crippen LogP contribution in [0.25, 0.3) is 5.76 Å². The highest BCUT2D eigenvalue weighted by atomic mass is 16.3. The lowest BCUT2D eigenvalue weighted by Gasteiger charge is -2.46. The molecule has 0 bridgehead atoms. The minimum atomic E-state index is -2.61. The zero-order valence-electron chi connectivity index (χ0n) is 18.8. The number of Topliss-reactive ketones (excluding diaryl/α,β-unsaturated/α-hetero) is 3. The maximum absolute atomic E-state index is 13.4. The average Bonchev–Trinajstić information content (AvgIpc) is 2.74. The number of ketones is 3. The quantitative estimate of drug-likeness (QED) is 0.304. The number of rotatable bonds is 5. The summed E-state index contributed by atoms with van der Waals surface area (Å²) in [6.45, 7) is 0.495. The van der Waals surface area contributed by atoms with E-state index in [0.717, 1.165) is 0 Å². The number of nitrogens with zero attached hydrogens (tertiary/aromatic N) is 1. The van der Waals surface area contributed by atoms with Gasteiger partial charge in [0.15, 0.2) is 17.2 Å². The van der Waals surface area contributed by atoms with E-state index in [9.17, 15) is 39.6 Å². The Hall–Kier alpha value is -3.50. The van der Waals surface area contributed by atoms with Crippen molar-refractivity contribution in [3.8, 4) is 5.75 Å². The number of primary amides is 1. The van der Waals surface area contributed by atoms with Crippen LogP contribution in [0, 0.1) is 11.8 Å². The number of phenols is 1. The lowest BCUT2D eigenvalue weighted by atomic mass is 9.59. The van der Waals surface area contributed by atoms with Gasteiger partial charge in [-0.15, -0.1) is 0 Å². The zero-order chi connectivity index (χ0) is 25.1. The van der Waals surface area contributed by atoms with Crippen molar-refractivity contribution in [1.82, 2.24) is 4.90 Å². The van der Waals surface area contributed by atoms with Gasteiger partial charge < -0.3 is 31.1 Å². The second kappa shape index (κ2) is 8.07. The number of carbonyl (C=O) groups excluding carboxylic acids is 4. The van der Waals surface area contributed by atoms with Crippen LogP contribution in [0.4, 0.5) is 0 Å². The van der Waals surface area contributed by atoms with Crippen LogP contribution in [0.15, 0.2) is 29.0 Å². The van der Waals surface area contributed by atoms with Crippen LogP contribution in [0.2, 0.25) is 0 Å². The normalized spacial score (nSPS) is 26.4. The first-order valence-corrected chi connectivity index (χ1v) is 10.9. The molecule has 3 aliphatic carbocycles. The standard InChI is InChI=1S/C24H26N2O8/c1-26(2)6-5-14(27)12-3-4-15(28)18-13(12)8-10-7-11-9-16(29)19(23(25)33)22(32)24(11,34)21(31)17(10)20(18)30/h3-4,10-11,28,30,32,34H,5-9H2,1-2H3,(H2,25,33)/t10-,11+,24+/m1/s1. The van der Waals surface area contributed by atoms with E-state index in [1.807, 2.05) is 19.0 Å². The Labute approximate surface area is 195 Å². The zero-order valence-corrected chi connectivity index (χ0v) is 18.8. The van der Waals surface area contributed by atoms with E-state index in [0.29, 0.717) is 17.7 Å². The molecular weight excluding hydrogens is 444 g/mol. The van der Waals surface area contributed by atoms with E-state index >= 15 is 0 Å². The molecule has 180 valence electrons. The number of aromatic hydroxyl groups is 1. The van der Waals surface area contributed by atoms with Crippen LogP contribution in [0.5, 0.6) is 5.75 Å². The number of phenolic OH excluding ortho intramolecular Hbond substituents is 1. The highest BCUT2D eigenvalue weighted by molar-refractivity contribution is 6.22. The molecule has 0 radical (unpaired) electrons. The minimum Gasteiger partial charge on any atom is -0.508 e. The van der Waals surface area contributed by atoms with Crippen LogP contribution < -0.4 is 5.73 Å². The lowest BCUT2D eigenvalue weighted by Crippen LogP contribution is -2.58. The fourth-order valence-electron chi connectivity index (χ4n) is 5.34. The number of hydrogen-bond donors (Lipinski definition) is 5. The highest BCUT2D eigenvalue weighted by Crippen LogP contribution is 2.52. The second-order valence-corrected chi connectivity index (χ2v) is 9.37. The summed E-state index contributed by atoms with van der Waals surface area (Å²) >= 11 is 0. The van der Waals surface area contributed by atoms with Gasteiger partial charge in [0.05, 0.1) is 5.56 Å². The lowest BCUT2D eigenvalue weighted by molar-refractivity contribution is -0.147. The summed E-state index contributed by atoms with van der Waals surface area (Å²) in [5, 5.41) is 43.3. The Morgan fingerprint density at radius 3 is 2.44 bits per heavy atom. The minimum absolute atomic E-state index is 0.0178. The predicted molar refractivity (Wildman–Crippen MR) is 119 cm³/mol. The number of benzene rings is 1. The Bertz CT molecular complexity index is 1210. The third kappa shape index (κ3) is 3.33. The molecule has 0 aromatic heterocycles. The molecule has 1 aromatic rings. The first kappa shape index (κ1) is 23.7. The predicted octanol–water partition coefficient (Wildman–Crippen LogP) is 0.558. The van der Waals surface area contributed by atoms with Crippen molar-refractivity contribution in [2.24, 2.45) is 17.6 Å². The van der Waals surface area contributed by atoms with Crippen molar-refractivity contribution in [2.45, 2.75) is 31.3 Å². The van der Waals surface area contributed by atoms with Crippen molar-refractivity contribution < 1.29 is 39.6 Å². The average molecular weight is 470 g/mol. The van der Waals surface area contributed by atoms with Gasteiger partial charge in [0, 0.05) is 36.4 Å². The maximum atomic E-state index is 13.4. The molecule has 0 unspecified atom stereocenters. The van der Waals surface area contributed by atoms with Gasteiger partial charge in [-0.25, -0.2) is 0 Å². The molecule has 0 saturated heterocycles. The molecule has 0 heterocycles. The van der Waals surface area contributed by atoms with Gasteiger partial charge in [0.1, 0.15) is 22.8 Å². The molecule has 1 aromatic carbocycles. The van der Waals surface area contributed by atoms with Gasteiger partial charge in [-0.1, -0.05) is 0 Å². The van der Waals surface area contributed by atoms with Crippen molar-refractivity contribution >= 4 is 29.0 Å². The van der Waals surface area contributed by atoms with Gasteiger partial charge in [-0.2, -0.15) is 0 Å². The van der Waals surface area contributed by atoms with Crippen molar-refractivity contribution in [1.29, 1.82) is 0 Å². The first-order chi connectivity index (χ1) is 15.9. The number of nitrogens with two attached hydrogens (primary N) is 1. The van der Waals surface area contributed by atoms with Crippen LogP contribution in [0.1, 0.15) is 40.7 Å². The van der Waals surface area contributed by atoms with Crippen molar-refractivity contribution in [3.05, 3.63) is 45.7 Å². The second-order valence-electron chi connectivity index (χ2n) is 9.37. The van der Waals surface area contributed by atoms with Crippen LogP contribution in [-0.2, 0) is 20.8 Å². The van der Waals surface area contributed by atoms with E-state index in [1.165, 1.54) is 12.1 Å². The van der Waals surface area contributed by atoms with E-state index in [4.69, 9.17) is 5.73 Å². The molecular formula is C24H26N2O8. The first-order valence-electron chi connectivity index (χ1n) is 10.9. The SMILES string of the molecule is CN(C)CCC(=O)c1ccc(O)c2c1C[C@H]1C[C@H]3CC(=O)C(C(N)=O)=C(O)[C@@]3(O)C(=O)C1=C2O. The third-order valence-electron chi connectivity index (χ3n) is 7.03. The summed E-state index contributed by atoms with van der Waals surface area (Å²) in [5.41, 5.74) is 2.12. The maximum Gasteiger partial charge on any atom is 0.255 e. The van der Waals surface area contributed by atoms with E-state index in [2.05, 4.69) is 0 Å². The number of aliphatic hydroxyl groups excluding tert-OH is 2. The van der Waals surface area contributed by atoms with Crippen molar-refractivity contribution in [2.75, 3.05) is 20.6 Å². The number of carbonyl (C=O) groups is 4. The summed E-state index contributed by atoms with van der Waals surface area (Å²) < 4.78 is 0. The van der Waals surface area contributed by atoms with Crippen LogP contribution in [-0.4, -0.2) is 74.8 Å². The fraction of sp³-hybridized carbons (Fsp3) is 0.417. The molecule has 6 N–H and O–H groups in total. The van der Waals surface area contributed by atoms with Crippen LogP contribution >= 0.6 is 0 Å². The monoisotopic (exact) mass is 470 g/mol. The van der Waals surface area contributed by atoms with E-state index in [1.54, 1.807) is 0 Å². The molecule has 1 fully saturated rings. The fourth-order valence-corrected chi connectivity index (χ4v) is 5.34. The molecule has 3 atom stereocenters. The smallest absolute Gasteiger partial charge is 0.255 e. The van der Waals surface area contributed by atoms with Crippen molar-refractivity contribution in [3.63, 3.8) is 0 Å². The van der Waals surface area contributed by atoms with Gasteiger partial charge in [-0.3, -0.25) is 19.2 Å². The Morgan fingerprint density at radius 2 is 1.82 bits per heavy atom. The molecule has 10 nitrogen and oxygen atoms in total. The number of hydrogen-bond acceptors (Lipinski definition) is 9. The summed E-state index contributed by atoms with van der Waals surface area (Å²) in [4.78, 5) is 52.3. The van der Waals surface area contributed by atoms with Gasteiger partial charge in [0.25, 0.3) is 5.91 Å². The number of fused-ring (bicyclic) bond motifs is 3. The molecule has 3 aliphatic rings. The molecule has 4 rings (SSSR count). The molecule has 0 spiro atoms. The van der Waals surface area contributed by atoms with E-state index in [-0.39, 0.29) is 41.9 Å². The van der Waals surface area contributed by atoms with Gasteiger partial charge in [-0.05, 0) is 50.6 Å². The third-order valence-corrected chi connectivity index (χ3v) is 7.03. The molecule has 1 saturated carbocycles. The summed E-state index contributed by atoms with van der Waals surface area (Å²) in [7, 11) is 3.66. The van der Waals surface area contributed by atoms with Crippen LogP contribution in [0.3, 0.4) is 0 Å². The number of amides is 1. The summed E-state index contributed by atoms with van der Waals surface area (Å²) in [5.74, 6) is -7.11. The topological polar surface area (TPSA) is 178 Å². The Kier molecular flexibility index (Phi) is 5.61. The van der Waals surface area contributed by atoms with E-state index < -0.39 is 58.4 Å². The summed E-state index contributed by atoms with van der Waals surface area (Å²) in [6.07, 6.45) is -0.0665. The Balaban J connectivity index is 1.86. The largest absolute Gasteiger partial charge is 0.508 e. The Morgan fingerprint density at radius 1 is 1.15 bits per heavy atom.